The summed E-state index contributed by atoms with van der Waals surface area (Å²) in [5, 5.41) is 13.6. The van der Waals surface area contributed by atoms with Gasteiger partial charge >= 0.3 is 0 Å². The summed E-state index contributed by atoms with van der Waals surface area (Å²) < 4.78 is 11.1. The van der Waals surface area contributed by atoms with Gasteiger partial charge in [0.1, 0.15) is 0 Å². The van der Waals surface area contributed by atoms with Gasteiger partial charge in [0.2, 0.25) is 0 Å². The number of hydrogen-bond donors (Lipinski definition) is 2. The van der Waals surface area contributed by atoms with Crippen LogP contribution in [0, 0.1) is 11.8 Å². The topological polar surface area (TPSA) is 50.7 Å². The summed E-state index contributed by atoms with van der Waals surface area (Å²) in [7, 11) is 0. The van der Waals surface area contributed by atoms with Crippen LogP contribution in [0.15, 0.2) is 0 Å². The highest BCUT2D eigenvalue weighted by atomic mass is 16.5. The molecule has 0 aromatic rings. The molecule has 4 atom stereocenters. The summed E-state index contributed by atoms with van der Waals surface area (Å²) in [4.78, 5) is 0. The van der Waals surface area contributed by atoms with E-state index in [1.165, 1.54) is 25.7 Å². The van der Waals surface area contributed by atoms with Crippen molar-refractivity contribution in [3.05, 3.63) is 0 Å². The minimum absolute atomic E-state index is 0.244. The van der Waals surface area contributed by atoms with Gasteiger partial charge in [-0.3, -0.25) is 0 Å². The molecular weight excluding hydrogens is 266 g/mol. The third-order valence-electron chi connectivity index (χ3n) is 4.93. The van der Waals surface area contributed by atoms with Crippen molar-refractivity contribution in [3.63, 3.8) is 0 Å². The Labute approximate surface area is 129 Å². The Kier molecular flexibility index (Phi) is 7.44. The number of nitrogens with one attached hydrogen (secondary N) is 1. The molecule has 1 aliphatic heterocycles. The summed E-state index contributed by atoms with van der Waals surface area (Å²) in [6.45, 7) is 7.15. The maximum atomic E-state index is 10.1. The van der Waals surface area contributed by atoms with Gasteiger partial charge < -0.3 is 19.9 Å². The second-order valence-corrected chi connectivity index (χ2v) is 7.03. The van der Waals surface area contributed by atoms with Crippen LogP contribution in [0.1, 0.15) is 52.4 Å². The van der Waals surface area contributed by atoms with Gasteiger partial charge in [-0.1, -0.05) is 26.7 Å². The van der Waals surface area contributed by atoms with Crippen LogP contribution in [-0.2, 0) is 9.47 Å². The van der Waals surface area contributed by atoms with Crippen LogP contribution in [-0.4, -0.2) is 49.7 Å². The SMILES string of the molecule is CC(C)C1CCCCC1NCC(O)COCC1CCCO1. The monoisotopic (exact) mass is 299 g/mol. The van der Waals surface area contributed by atoms with Crippen molar-refractivity contribution in [1.82, 2.24) is 5.32 Å². The van der Waals surface area contributed by atoms with Crippen LogP contribution >= 0.6 is 0 Å². The van der Waals surface area contributed by atoms with E-state index in [1.54, 1.807) is 0 Å². The highest BCUT2D eigenvalue weighted by molar-refractivity contribution is 4.83. The van der Waals surface area contributed by atoms with Gasteiger partial charge in [0.05, 0.1) is 25.4 Å². The first-order valence-electron chi connectivity index (χ1n) is 8.77. The molecule has 0 bridgehead atoms. The largest absolute Gasteiger partial charge is 0.389 e. The first-order chi connectivity index (χ1) is 10.2. The van der Waals surface area contributed by atoms with E-state index in [1.807, 2.05) is 0 Å². The van der Waals surface area contributed by atoms with Crippen molar-refractivity contribution < 1.29 is 14.6 Å². The van der Waals surface area contributed by atoms with Crippen molar-refractivity contribution in [2.75, 3.05) is 26.4 Å². The molecule has 1 heterocycles. The molecule has 4 unspecified atom stereocenters. The summed E-state index contributed by atoms with van der Waals surface area (Å²) in [5.74, 6) is 1.47. The summed E-state index contributed by atoms with van der Waals surface area (Å²) in [6.07, 6.45) is 7.28. The molecule has 4 heteroatoms. The smallest absolute Gasteiger partial charge is 0.0897 e. The molecule has 124 valence electrons. The van der Waals surface area contributed by atoms with E-state index in [-0.39, 0.29) is 6.10 Å². The van der Waals surface area contributed by atoms with Crippen LogP contribution < -0.4 is 5.32 Å². The zero-order chi connectivity index (χ0) is 15.1. The number of hydrogen-bond acceptors (Lipinski definition) is 4. The van der Waals surface area contributed by atoms with Crippen LogP contribution in [0.2, 0.25) is 0 Å². The van der Waals surface area contributed by atoms with Gasteiger partial charge in [-0.2, -0.15) is 0 Å². The molecule has 2 fully saturated rings. The van der Waals surface area contributed by atoms with Gasteiger partial charge in [0.15, 0.2) is 0 Å². The Morgan fingerprint density at radius 3 is 2.71 bits per heavy atom. The van der Waals surface area contributed by atoms with Gasteiger partial charge in [0.25, 0.3) is 0 Å². The second kappa shape index (κ2) is 9.09. The average Bonchev–Trinajstić information content (AvgIpc) is 2.98. The van der Waals surface area contributed by atoms with Crippen molar-refractivity contribution in [2.24, 2.45) is 11.8 Å². The third kappa shape index (κ3) is 5.85. The fourth-order valence-corrected chi connectivity index (χ4v) is 3.67. The van der Waals surface area contributed by atoms with Gasteiger partial charge in [-0.25, -0.2) is 0 Å². The Balaban J connectivity index is 1.59. The number of aliphatic hydroxyl groups excluding tert-OH is 1. The number of rotatable bonds is 8. The van der Waals surface area contributed by atoms with Crippen molar-refractivity contribution in [3.8, 4) is 0 Å². The minimum atomic E-state index is -0.416. The van der Waals surface area contributed by atoms with Crippen molar-refractivity contribution in [2.45, 2.75) is 70.6 Å². The second-order valence-electron chi connectivity index (χ2n) is 7.03. The fourth-order valence-electron chi connectivity index (χ4n) is 3.67. The lowest BCUT2D eigenvalue weighted by molar-refractivity contribution is -0.0178. The molecule has 1 aliphatic carbocycles. The Morgan fingerprint density at radius 1 is 1.19 bits per heavy atom. The highest BCUT2D eigenvalue weighted by Crippen LogP contribution is 2.30. The van der Waals surface area contributed by atoms with E-state index in [0.29, 0.717) is 25.8 Å². The van der Waals surface area contributed by atoms with Crippen LogP contribution in [0.5, 0.6) is 0 Å². The lowest BCUT2D eigenvalue weighted by Gasteiger charge is -2.35. The van der Waals surface area contributed by atoms with Crippen molar-refractivity contribution >= 4 is 0 Å². The predicted molar refractivity (Wildman–Crippen MR) is 84.4 cm³/mol. The molecule has 0 aromatic heterocycles. The molecule has 0 amide bonds. The molecule has 1 saturated heterocycles. The normalized spacial score (nSPS) is 31.7. The summed E-state index contributed by atoms with van der Waals surface area (Å²) in [6, 6.07) is 0.562. The van der Waals surface area contributed by atoms with Crippen LogP contribution in [0.3, 0.4) is 0 Å². The molecule has 0 radical (unpaired) electrons. The Morgan fingerprint density at radius 2 is 2.00 bits per heavy atom. The van der Waals surface area contributed by atoms with Gasteiger partial charge in [-0.05, 0) is 37.5 Å². The van der Waals surface area contributed by atoms with E-state index in [2.05, 4.69) is 19.2 Å². The van der Waals surface area contributed by atoms with E-state index in [4.69, 9.17) is 9.47 Å². The van der Waals surface area contributed by atoms with Crippen molar-refractivity contribution in [1.29, 1.82) is 0 Å². The molecule has 21 heavy (non-hydrogen) atoms. The van der Waals surface area contributed by atoms with Gasteiger partial charge in [-0.15, -0.1) is 0 Å². The fraction of sp³-hybridized carbons (Fsp3) is 1.00. The molecule has 4 nitrogen and oxygen atoms in total. The van der Waals surface area contributed by atoms with Crippen LogP contribution in [0.4, 0.5) is 0 Å². The lowest BCUT2D eigenvalue weighted by atomic mass is 9.78. The number of ether oxygens (including phenoxy) is 2. The zero-order valence-electron chi connectivity index (χ0n) is 13.7. The molecule has 2 N–H and O–H groups in total. The van der Waals surface area contributed by atoms with Crippen LogP contribution in [0.25, 0.3) is 0 Å². The van der Waals surface area contributed by atoms with E-state index in [9.17, 15) is 5.11 Å². The Hall–Kier alpha value is -0.160. The summed E-state index contributed by atoms with van der Waals surface area (Å²) in [5.41, 5.74) is 0. The minimum Gasteiger partial charge on any atom is -0.389 e. The quantitative estimate of drug-likeness (QED) is 0.722. The Bertz CT molecular complexity index is 279. The highest BCUT2D eigenvalue weighted by Gasteiger charge is 2.27. The van der Waals surface area contributed by atoms with E-state index in [0.717, 1.165) is 31.3 Å². The zero-order valence-corrected chi connectivity index (χ0v) is 13.7. The average molecular weight is 299 g/mol. The molecule has 2 rings (SSSR count). The maximum Gasteiger partial charge on any atom is 0.0897 e. The predicted octanol–water partition coefficient (Wildman–Crippen LogP) is 2.35. The molecular formula is C17H33NO3. The van der Waals surface area contributed by atoms with E-state index < -0.39 is 6.10 Å². The molecule has 2 aliphatic rings. The molecule has 0 aromatic carbocycles. The number of aliphatic hydroxyl groups is 1. The standard InChI is InChI=1S/C17H33NO3/c1-13(2)16-7-3-4-8-17(16)18-10-14(19)11-20-12-15-6-5-9-21-15/h13-19H,3-12H2,1-2H3. The summed E-state index contributed by atoms with van der Waals surface area (Å²) >= 11 is 0. The lowest BCUT2D eigenvalue weighted by Crippen LogP contribution is -2.44. The first-order valence-corrected chi connectivity index (χ1v) is 8.77. The molecule has 0 spiro atoms. The molecule has 1 saturated carbocycles. The van der Waals surface area contributed by atoms with Gasteiger partial charge in [0, 0.05) is 19.2 Å². The third-order valence-corrected chi connectivity index (χ3v) is 4.93. The maximum absolute atomic E-state index is 10.1. The van der Waals surface area contributed by atoms with E-state index >= 15 is 0 Å². The first kappa shape index (κ1) is 17.2.